The van der Waals surface area contributed by atoms with Gasteiger partial charge < -0.3 is 19.7 Å². The molecule has 5 atom stereocenters. The number of fused-ring (bicyclic) bond motifs is 1. The van der Waals surface area contributed by atoms with Gasteiger partial charge >= 0.3 is 5.97 Å². The first-order chi connectivity index (χ1) is 12.5. The van der Waals surface area contributed by atoms with Gasteiger partial charge in [-0.15, -0.1) is 0 Å². The number of hydrogen-bond donors (Lipinski definition) is 2. The highest BCUT2D eigenvalue weighted by atomic mass is 16.5. The van der Waals surface area contributed by atoms with Crippen molar-refractivity contribution in [3.63, 3.8) is 0 Å². The molecule has 0 amide bonds. The zero-order chi connectivity index (χ0) is 18.9. The number of methoxy groups -OCH3 is 1. The standard InChI is InChI=1S/C21H32O5/c1-3-4-5-8-15(22)11-12-17-18-13-16(26-20(18)14-19(17)23)9-6-7-10-21(24)25-2/h9,15,17-20,22-23H,3-8,10,13-14H2,1-2H3/b16-9-/t15-,17+,18+,19+,20+/m0/s1. The van der Waals surface area contributed by atoms with Crippen molar-refractivity contribution in [2.45, 2.75) is 83.0 Å². The first-order valence-corrected chi connectivity index (χ1v) is 9.84. The van der Waals surface area contributed by atoms with Crippen LogP contribution in [-0.2, 0) is 14.3 Å². The van der Waals surface area contributed by atoms with Crippen LogP contribution in [0.3, 0.4) is 0 Å². The zero-order valence-corrected chi connectivity index (χ0v) is 15.9. The second kappa shape index (κ2) is 10.6. The Balaban J connectivity index is 1.83. The normalized spacial score (nSPS) is 29.6. The van der Waals surface area contributed by atoms with Crippen molar-refractivity contribution in [3.8, 4) is 11.8 Å². The zero-order valence-electron chi connectivity index (χ0n) is 15.9. The molecule has 1 aliphatic heterocycles. The smallest absolute Gasteiger partial charge is 0.305 e. The Bertz CT molecular complexity index is 544. The predicted octanol–water partition coefficient (Wildman–Crippen LogP) is 2.94. The third kappa shape index (κ3) is 6.03. The van der Waals surface area contributed by atoms with Crippen molar-refractivity contribution >= 4 is 5.97 Å². The Morgan fingerprint density at radius 3 is 2.96 bits per heavy atom. The largest absolute Gasteiger partial charge is 0.495 e. The van der Waals surface area contributed by atoms with Crippen LogP contribution in [0.4, 0.5) is 0 Å². The van der Waals surface area contributed by atoms with Gasteiger partial charge in [-0.25, -0.2) is 0 Å². The number of carbonyl (C=O) groups excluding carboxylic acids is 1. The van der Waals surface area contributed by atoms with Crippen LogP contribution in [0.25, 0.3) is 0 Å². The first-order valence-electron chi connectivity index (χ1n) is 9.84. The van der Waals surface area contributed by atoms with Gasteiger partial charge in [-0.3, -0.25) is 4.79 Å². The Hall–Kier alpha value is -1.51. The molecular weight excluding hydrogens is 332 g/mol. The molecule has 0 radical (unpaired) electrons. The molecule has 0 unspecified atom stereocenters. The van der Waals surface area contributed by atoms with Gasteiger partial charge in [-0.05, 0) is 31.8 Å². The molecule has 2 aliphatic rings. The monoisotopic (exact) mass is 364 g/mol. The van der Waals surface area contributed by atoms with Crippen LogP contribution in [0.2, 0.25) is 0 Å². The van der Waals surface area contributed by atoms with E-state index in [1.165, 1.54) is 7.11 Å². The molecule has 2 rings (SSSR count). The summed E-state index contributed by atoms with van der Waals surface area (Å²) < 4.78 is 10.6. The van der Waals surface area contributed by atoms with E-state index in [-0.39, 0.29) is 23.9 Å². The molecule has 1 saturated carbocycles. The van der Waals surface area contributed by atoms with Crippen molar-refractivity contribution in [2.75, 3.05) is 7.11 Å². The van der Waals surface area contributed by atoms with Crippen LogP contribution in [0, 0.1) is 23.7 Å². The number of unbranched alkanes of at least 4 members (excludes halogenated alkanes) is 3. The summed E-state index contributed by atoms with van der Waals surface area (Å²) >= 11 is 0. The van der Waals surface area contributed by atoms with Crippen LogP contribution < -0.4 is 0 Å². The lowest BCUT2D eigenvalue weighted by Crippen LogP contribution is -2.18. The fourth-order valence-electron chi connectivity index (χ4n) is 3.74. The van der Waals surface area contributed by atoms with Crippen molar-refractivity contribution in [1.29, 1.82) is 0 Å². The summed E-state index contributed by atoms with van der Waals surface area (Å²) in [6.07, 6.45) is 8.15. The molecule has 0 bridgehead atoms. The van der Waals surface area contributed by atoms with Gasteiger partial charge in [0, 0.05) is 25.2 Å². The minimum atomic E-state index is -0.608. The molecule has 1 heterocycles. The highest BCUT2D eigenvalue weighted by Gasteiger charge is 2.47. The molecule has 146 valence electrons. The molecule has 1 aliphatic carbocycles. The summed E-state index contributed by atoms with van der Waals surface area (Å²) in [4.78, 5) is 11.1. The molecule has 2 fully saturated rings. The third-order valence-corrected chi connectivity index (χ3v) is 5.25. The van der Waals surface area contributed by atoms with Gasteiger partial charge in [-0.2, -0.15) is 0 Å². The van der Waals surface area contributed by atoms with Crippen molar-refractivity contribution in [2.24, 2.45) is 11.8 Å². The van der Waals surface area contributed by atoms with E-state index in [4.69, 9.17) is 4.74 Å². The summed E-state index contributed by atoms with van der Waals surface area (Å²) in [6.45, 7) is 2.13. The SMILES string of the molecule is CCCCC[C@H](O)C#C[C@@H]1[C@H]2C/C(=C/CCCC(=O)OC)O[C@@H]2C[C@H]1O. The molecule has 2 N–H and O–H groups in total. The van der Waals surface area contributed by atoms with Crippen molar-refractivity contribution in [1.82, 2.24) is 0 Å². The summed E-state index contributed by atoms with van der Waals surface area (Å²) in [6, 6.07) is 0. The van der Waals surface area contributed by atoms with Crippen LogP contribution in [0.15, 0.2) is 11.8 Å². The number of ether oxygens (including phenoxy) is 2. The van der Waals surface area contributed by atoms with Crippen LogP contribution in [0.1, 0.15) is 64.7 Å². The maximum absolute atomic E-state index is 11.1. The Morgan fingerprint density at radius 1 is 1.42 bits per heavy atom. The average Bonchev–Trinajstić information content (AvgIpc) is 3.13. The predicted molar refractivity (Wildman–Crippen MR) is 99.0 cm³/mol. The second-order valence-corrected chi connectivity index (χ2v) is 7.29. The third-order valence-electron chi connectivity index (χ3n) is 5.25. The number of carbonyl (C=O) groups is 1. The fraction of sp³-hybridized carbons (Fsp3) is 0.762. The molecule has 5 heteroatoms. The van der Waals surface area contributed by atoms with E-state index in [0.717, 1.165) is 44.3 Å². The van der Waals surface area contributed by atoms with E-state index in [0.29, 0.717) is 19.3 Å². The lowest BCUT2D eigenvalue weighted by molar-refractivity contribution is -0.140. The number of hydrogen-bond acceptors (Lipinski definition) is 5. The van der Waals surface area contributed by atoms with Crippen molar-refractivity contribution in [3.05, 3.63) is 11.8 Å². The second-order valence-electron chi connectivity index (χ2n) is 7.29. The maximum atomic E-state index is 11.1. The molecule has 26 heavy (non-hydrogen) atoms. The molecule has 0 aromatic carbocycles. The van der Waals surface area contributed by atoms with Gasteiger partial charge in [0.2, 0.25) is 0 Å². The Kier molecular flexibility index (Phi) is 8.47. The van der Waals surface area contributed by atoms with E-state index in [1.807, 2.05) is 6.08 Å². The van der Waals surface area contributed by atoms with Gasteiger partial charge in [0.05, 0.1) is 24.9 Å². The fourth-order valence-corrected chi connectivity index (χ4v) is 3.74. The van der Waals surface area contributed by atoms with E-state index in [1.54, 1.807) is 0 Å². The van der Waals surface area contributed by atoms with Gasteiger partial charge in [0.15, 0.2) is 0 Å². The first kappa shape index (κ1) is 20.8. The van der Waals surface area contributed by atoms with Crippen LogP contribution in [-0.4, -0.2) is 41.6 Å². The average molecular weight is 364 g/mol. The highest BCUT2D eigenvalue weighted by molar-refractivity contribution is 5.69. The van der Waals surface area contributed by atoms with Gasteiger partial charge in [0.1, 0.15) is 12.2 Å². The van der Waals surface area contributed by atoms with E-state index in [9.17, 15) is 15.0 Å². The number of aliphatic hydroxyl groups is 2. The summed E-state index contributed by atoms with van der Waals surface area (Å²) in [5.74, 6) is 6.85. The molecule has 5 nitrogen and oxygen atoms in total. The van der Waals surface area contributed by atoms with Gasteiger partial charge in [-0.1, -0.05) is 31.6 Å². The summed E-state index contributed by atoms with van der Waals surface area (Å²) in [7, 11) is 1.40. The minimum Gasteiger partial charge on any atom is -0.495 e. The Morgan fingerprint density at radius 2 is 2.23 bits per heavy atom. The van der Waals surface area contributed by atoms with E-state index < -0.39 is 12.2 Å². The topological polar surface area (TPSA) is 76.0 Å². The van der Waals surface area contributed by atoms with Crippen LogP contribution in [0.5, 0.6) is 0 Å². The Labute approximate surface area is 156 Å². The van der Waals surface area contributed by atoms with Crippen LogP contribution >= 0.6 is 0 Å². The molecule has 0 spiro atoms. The number of allylic oxidation sites excluding steroid dienone is 2. The lowest BCUT2D eigenvalue weighted by atomic mass is 9.91. The number of aliphatic hydroxyl groups excluding tert-OH is 2. The van der Waals surface area contributed by atoms with E-state index >= 15 is 0 Å². The summed E-state index contributed by atoms with van der Waals surface area (Å²) in [5.41, 5.74) is 0. The quantitative estimate of drug-likeness (QED) is 0.393. The molecule has 0 aromatic rings. The van der Waals surface area contributed by atoms with Gasteiger partial charge in [0.25, 0.3) is 0 Å². The highest BCUT2D eigenvalue weighted by Crippen LogP contribution is 2.44. The van der Waals surface area contributed by atoms with E-state index in [2.05, 4.69) is 23.5 Å². The molecule has 1 saturated heterocycles. The van der Waals surface area contributed by atoms with Crippen molar-refractivity contribution < 1.29 is 24.5 Å². The minimum absolute atomic E-state index is 0.00777. The number of esters is 1. The molecule has 0 aromatic heterocycles. The summed E-state index contributed by atoms with van der Waals surface area (Å²) in [5, 5.41) is 20.3. The lowest BCUT2D eigenvalue weighted by Gasteiger charge is -2.13. The number of rotatable bonds is 8. The molecular formula is C21H32O5. The maximum Gasteiger partial charge on any atom is 0.305 e.